The average Bonchev–Trinajstić information content (AvgIpc) is 3.19. The average molecular weight is 273 g/mol. The number of thioether (sulfide) groups is 1. The lowest BCUT2D eigenvalue weighted by molar-refractivity contribution is 0.475. The Kier molecular flexibility index (Phi) is 3.99. The van der Waals surface area contributed by atoms with Gasteiger partial charge in [0.15, 0.2) is 0 Å². The summed E-state index contributed by atoms with van der Waals surface area (Å²) in [6, 6.07) is 10.4. The number of rotatable bonds is 4. The fourth-order valence-corrected chi connectivity index (χ4v) is 4.06. The second-order valence-corrected chi connectivity index (χ2v) is 7.13. The van der Waals surface area contributed by atoms with E-state index in [1.54, 1.807) is 0 Å². The van der Waals surface area contributed by atoms with Crippen molar-refractivity contribution in [3.63, 3.8) is 0 Å². The third-order valence-corrected chi connectivity index (χ3v) is 5.32. The van der Waals surface area contributed by atoms with Crippen LogP contribution in [0.25, 0.3) is 5.57 Å². The molecule has 2 unspecified atom stereocenters. The van der Waals surface area contributed by atoms with Gasteiger partial charge in [-0.05, 0) is 48.8 Å². The van der Waals surface area contributed by atoms with Gasteiger partial charge in [-0.3, -0.25) is 0 Å². The van der Waals surface area contributed by atoms with Gasteiger partial charge >= 0.3 is 0 Å². The minimum absolute atomic E-state index is 0.716. The largest absolute Gasteiger partial charge is 0.311 e. The molecular formula is C17H23NS. The Morgan fingerprint density at radius 3 is 2.84 bits per heavy atom. The zero-order valence-electron chi connectivity index (χ0n) is 11.7. The highest BCUT2D eigenvalue weighted by atomic mass is 32.2. The summed E-state index contributed by atoms with van der Waals surface area (Å²) in [7, 11) is 0. The summed E-state index contributed by atoms with van der Waals surface area (Å²) in [5.74, 6) is 3.40. The monoisotopic (exact) mass is 273 g/mol. The van der Waals surface area contributed by atoms with Crippen molar-refractivity contribution in [1.82, 2.24) is 5.32 Å². The molecule has 2 fully saturated rings. The predicted octanol–water partition coefficient (Wildman–Crippen LogP) is 4.06. The van der Waals surface area contributed by atoms with Gasteiger partial charge in [-0.25, -0.2) is 0 Å². The van der Waals surface area contributed by atoms with Gasteiger partial charge in [-0.15, -0.1) is 0 Å². The summed E-state index contributed by atoms with van der Waals surface area (Å²) in [4.78, 5) is 0. The Morgan fingerprint density at radius 1 is 1.32 bits per heavy atom. The van der Waals surface area contributed by atoms with E-state index in [2.05, 4.69) is 54.8 Å². The molecule has 1 nitrogen and oxygen atoms in total. The van der Waals surface area contributed by atoms with Crippen LogP contribution in [0.1, 0.15) is 43.2 Å². The first kappa shape index (κ1) is 13.3. The fourth-order valence-electron chi connectivity index (χ4n) is 2.95. The van der Waals surface area contributed by atoms with Gasteiger partial charge in [0.05, 0.1) is 0 Å². The molecule has 1 aliphatic carbocycles. The number of hydrogen-bond acceptors (Lipinski definition) is 2. The highest BCUT2D eigenvalue weighted by Gasteiger charge is 2.39. The van der Waals surface area contributed by atoms with E-state index < -0.39 is 0 Å². The van der Waals surface area contributed by atoms with Crippen molar-refractivity contribution in [2.45, 2.75) is 44.2 Å². The lowest BCUT2D eigenvalue weighted by Crippen LogP contribution is -2.34. The number of nitrogens with one attached hydrogen (secondary N) is 1. The summed E-state index contributed by atoms with van der Waals surface area (Å²) in [5.41, 5.74) is 3.94. The molecule has 2 heteroatoms. The molecule has 1 saturated carbocycles. The highest BCUT2D eigenvalue weighted by molar-refractivity contribution is 7.99. The molecule has 1 aromatic rings. The maximum absolute atomic E-state index is 4.04. The number of allylic oxidation sites excluding steroid dienone is 1. The maximum atomic E-state index is 4.04. The van der Waals surface area contributed by atoms with E-state index in [0.717, 1.165) is 17.5 Å². The molecule has 2 atom stereocenters. The van der Waals surface area contributed by atoms with Crippen molar-refractivity contribution in [3.8, 4) is 0 Å². The highest BCUT2D eigenvalue weighted by Crippen LogP contribution is 2.42. The number of benzene rings is 1. The fraction of sp³-hybridized carbons (Fsp3) is 0.529. The van der Waals surface area contributed by atoms with Gasteiger partial charge in [-0.1, -0.05) is 36.4 Å². The molecule has 102 valence electrons. The van der Waals surface area contributed by atoms with E-state index >= 15 is 0 Å². The molecule has 1 N–H and O–H groups in total. The summed E-state index contributed by atoms with van der Waals surface area (Å²) < 4.78 is 0. The molecule has 0 radical (unpaired) electrons. The lowest BCUT2D eigenvalue weighted by atomic mass is 10.0. The maximum Gasteiger partial charge on any atom is 0.0145 e. The minimum atomic E-state index is 0.716. The molecule has 0 spiro atoms. The van der Waals surface area contributed by atoms with Gasteiger partial charge in [0.2, 0.25) is 0 Å². The molecule has 1 heterocycles. The second kappa shape index (κ2) is 5.72. The summed E-state index contributed by atoms with van der Waals surface area (Å²) in [6.07, 6.45) is 4.00. The van der Waals surface area contributed by atoms with Crippen LogP contribution in [-0.2, 0) is 0 Å². The Balaban J connectivity index is 1.59. The smallest absolute Gasteiger partial charge is 0.0145 e. The second-order valence-electron chi connectivity index (χ2n) is 5.91. The summed E-state index contributed by atoms with van der Waals surface area (Å²) >= 11 is 2.10. The van der Waals surface area contributed by atoms with Gasteiger partial charge in [-0.2, -0.15) is 11.8 Å². The van der Waals surface area contributed by atoms with Crippen molar-refractivity contribution in [1.29, 1.82) is 0 Å². The van der Waals surface area contributed by atoms with Crippen LogP contribution in [0.2, 0.25) is 0 Å². The standard InChI is InChI=1S/C17H23NS/c1-12(2)13-4-3-5-14(10-13)16-11-17(16)18-15-6-8-19-9-7-15/h3-5,10,15-18H,1,6-9,11H2,2H3. The molecular weight excluding hydrogens is 250 g/mol. The van der Waals surface area contributed by atoms with Gasteiger partial charge in [0.1, 0.15) is 0 Å². The first-order valence-corrected chi connectivity index (χ1v) is 8.49. The normalized spacial score (nSPS) is 27.2. The van der Waals surface area contributed by atoms with Crippen LogP contribution < -0.4 is 5.32 Å². The third-order valence-electron chi connectivity index (χ3n) is 4.27. The molecule has 0 aromatic heterocycles. The Bertz CT molecular complexity index is 462. The third kappa shape index (κ3) is 3.24. The van der Waals surface area contributed by atoms with Crippen molar-refractivity contribution in [3.05, 3.63) is 42.0 Å². The topological polar surface area (TPSA) is 12.0 Å². The zero-order chi connectivity index (χ0) is 13.2. The van der Waals surface area contributed by atoms with Crippen LogP contribution in [0.5, 0.6) is 0 Å². The van der Waals surface area contributed by atoms with E-state index in [0.29, 0.717) is 6.04 Å². The first-order chi connectivity index (χ1) is 9.24. The van der Waals surface area contributed by atoms with Gasteiger partial charge in [0.25, 0.3) is 0 Å². The van der Waals surface area contributed by atoms with Crippen LogP contribution >= 0.6 is 11.8 Å². The molecule has 1 saturated heterocycles. The first-order valence-electron chi connectivity index (χ1n) is 7.33. The van der Waals surface area contributed by atoms with Crippen molar-refractivity contribution in [2.75, 3.05) is 11.5 Å². The van der Waals surface area contributed by atoms with E-state index in [9.17, 15) is 0 Å². The van der Waals surface area contributed by atoms with Crippen LogP contribution in [0.4, 0.5) is 0 Å². The molecule has 19 heavy (non-hydrogen) atoms. The van der Waals surface area contributed by atoms with Crippen molar-refractivity contribution < 1.29 is 0 Å². The van der Waals surface area contributed by atoms with Crippen LogP contribution in [0, 0.1) is 0 Å². The van der Waals surface area contributed by atoms with E-state index in [-0.39, 0.29) is 0 Å². The lowest BCUT2D eigenvalue weighted by Gasteiger charge is -2.22. The molecule has 0 amide bonds. The van der Waals surface area contributed by atoms with Crippen LogP contribution in [-0.4, -0.2) is 23.6 Å². The van der Waals surface area contributed by atoms with Gasteiger partial charge < -0.3 is 5.32 Å². The van der Waals surface area contributed by atoms with E-state index in [1.807, 2.05) is 0 Å². The Morgan fingerprint density at radius 2 is 2.11 bits per heavy atom. The van der Waals surface area contributed by atoms with Gasteiger partial charge in [0, 0.05) is 18.0 Å². The summed E-state index contributed by atoms with van der Waals surface area (Å²) in [5, 5.41) is 3.85. The zero-order valence-corrected chi connectivity index (χ0v) is 12.5. The molecule has 3 rings (SSSR count). The molecule has 1 aliphatic heterocycles. The van der Waals surface area contributed by atoms with Crippen LogP contribution in [0.3, 0.4) is 0 Å². The van der Waals surface area contributed by atoms with Crippen LogP contribution in [0.15, 0.2) is 30.8 Å². The Labute approximate surface area is 120 Å². The van der Waals surface area contributed by atoms with Crippen molar-refractivity contribution >= 4 is 17.3 Å². The molecule has 0 bridgehead atoms. The van der Waals surface area contributed by atoms with E-state index in [4.69, 9.17) is 0 Å². The SMILES string of the molecule is C=C(C)c1cccc(C2CC2NC2CCSCC2)c1. The van der Waals surface area contributed by atoms with E-state index in [1.165, 1.54) is 41.9 Å². The quantitative estimate of drug-likeness (QED) is 0.888. The number of hydrogen-bond donors (Lipinski definition) is 1. The Hall–Kier alpha value is -0.730. The molecule has 1 aromatic carbocycles. The van der Waals surface area contributed by atoms with Crippen molar-refractivity contribution in [2.24, 2.45) is 0 Å². The summed E-state index contributed by atoms with van der Waals surface area (Å²) in [6.45, 7) is 6.13. The predicted molar refractivity (Wildman–Crippen MR) is 85.8 cm³/mol. The molecule has 2 aliphatic rings. The minimum Gasteiger partial charge on any atom is -0.311 e.